The van der Waals surface area contributed by atoms with Crippen LogP contribution in [-0.2, 0) is 4.79 Å². The van der Waals surface area contributed by atoms with Crippen LogP contribution in [0.25, 0.3) is 0 Å². The summed E-state index contributed by atoms with van der Waals surface area (Å²) in [7, 11) is 1.64. The normalized spacial score (nSPS) is 19.8. The third-order valence-corrected chi connectivity index (χ3v) is 3.35. The van der Waals surface area contributed by atoms with Gasteiger partial charge in [-0.25, -0.2) is 0 Å². The highest BCUT2D eigenvalue weighted by molar-refractivity contribution is 5.98. The van der Waals surface area contributed by atoms with Crippen molar-refractivity contribution in [2.45, 2.75) is 19.8 Å². The molecule has 1 atom stereocenters. The maximum absolute atomic E-state index is 12.3. The second-order valence-electron chi connectivity index (χ2n) is 4.45. The van der Waals surface area contributed by atoms with Gasteiger partial charge >= 0.3 is 0 Å². The smallest absolute Gasteiger partial charge is 0.230 e. The molecule has 0 spiro atoms. The van der Waals surface area contributed by atoms with E-state index in [-0.39, 0.29) is 11.8 Å². The van der Waals surface area contributed by atoms with Gasteiger partial charge in [-0.3, -0.25) is 4.79 Å². The van der Waals surface area contributed by atoms with E-state index in [0.717, 1.165) is 30.8 Å². The zero-order valence-corrected chi connectivity index (χ0v) is 10.9. The van der Waals surface area contributed by atoms with Gasteiger partial charge in [0.1, 0.15) is 5.75 Å². The summed E-state index contributed by atoms with van der Waals surface area (Å²) in [6.45, 7) is 2.76. The van der Waals surface area contributed by atoms with Gasteiger partial charge in [0.2, 0.25) is 5.91 Å². The molecule has 1 saturated heterocycles. The molecule has 0 radical (unpaired) electrons. The first-order valence-electron chi connectivity index (χ1n) is 6.33. The molecule has 3 heteroatoms. The molecule has 18 heavy (non-hydrogen) atoms. The van der Waals surface area contributed by atoms with Crippen molar-refractivity contribution < 1.29 is 9.53 Å². The summed E-state index contributed by atoms with van der Waals surface area (Å²) in [5, 5.41) is 0. The molecule has 0 saturated carbocycles. The highest BCUT2D eigenvalue weighted by atomic mass is 16.5. The zero-order valence-electron chi connectivity index (χ0n) is 10.9. The van der Waals surface area contributed by atoms with Gasteiger partial charge in [0.15, 0.2) is 0 Å². The van der Waals surface area contributed by atoms with Crippen molar-refractivity contribution in [3.8, 4) is 5.75 Å². The van der Waals surface area contributed by atoms with Crippen molar-refractivity contribution in [1.82, 2.24) is 0 Å². The second-order valence-corrected chi connectivity index (χ2v) is 4.45. The molecule has 0 aliphatic carbocycles. The minimum Gasteiger partial charge on any atom is -0.495 e. The van der Waals surface area contributed by atoms with Crippen molar-refractivity contribution in [2.75, 3.05) is 18.6 Å². The Kier molecular flexibility index (Phi) is 4.03. The molecule has 1 amide bonds. The zero-order chi connectivity index (χ0) is 13.0. The standard InChI is InChI=1S/C15H19NO2/c1-3-4-7-12-10-11-16(15(12)17)13-8-5-6-9-14(13)18-2/h3-6,8-9,12H,7,10-11H2,1-2H3. The first-order valence-corrected chi connectivity index (χ1v) is 6.33. The Morgan fingerprint density at radius 3 is 2.94 bits per heavy atom. The van der Waals surface area contributed by atoms with Crippen LogP contribution in [0, 0.1) is 5.92 Å². The number of allylic oxidation sites excluding steroid dienone is 2. The van der Waals surface area contributed by atoms with Crippen LogP contribution in [0.4, 0.5) is 5.69 Å². The average molecular weight is 245 g/mol. The largest absolute Gasteiger partial charge is 0.495 e. The van der Waals surface area contributed by atoms with E-state index in [4.69, 9.17) is 4.74 Å². The lowest BCUT2D eigenvalue weighted by Crippen LogP contribution is -2.27. The molecule has 1 unspecified atom stereocenters. The van der Waals surface area contributed by atoms with Crippen LogP contribution in [0.3, 0.4) is 0 Å². The Balaban J connectivity index is 2.18. The van der Waals surface area contributed by atoms with Gasteiger partial charge in [-0.05, 0) is 31.9 Å². The Hall–Kier alpha value is -1.77. The molecule has 1 aliphatic rings. The van der Waals surface area contributed by atoms with Gasteiger partial charge in [-0.1, -0.05) is 24.3 Å². The third-order valence-electron chi connectivity index (χ3n) is 3.35. The summed E-state index contributed by atoms with van der Waals surface area (Å²) < 4.78 is 5.31. The van der Waals surface area contributed by atoms with Crippen molar-refractivity contribution in [3.63, 3.8) is 0 Å². The van der Waals surface area contributed by atoms with E-state index in [0.29, 0.717) is 0 Å². The predicted octanol–water partition coefficient (Wildman–Crippen LogP) is 3.01. The maximum Gasteiger partial charge on any atom is 0.230 e. The van der Waals surface area contributed by atoms with Crippen LogP contribution < -0.4 is 9.64 Å². The van der Waals surface area contributed by atoms with E-state index in [9.17, 15) is 4.79 Å². The number of carbonyl (C=O) groups is 1. The summed E-state index contributed by atoms with van der Waals surface area (Å²) in [6, 6.07) is 7.68. The molecule has 1 aliphatic heterocycles. The minimum absolute atomic E-state index is 0.117. The second kappa shape index (κ2) is 5.71. The molecule has 2 rings (SSSR count). The Morgan fingerprint density at radius 2 is 2.22 bits per heavy atom. The van der Waals surface area contributed by atoms with Crippen LogP contribution in [0.5, 0.6) is 5.75 Å². The maximum atomic E-state index is 12.3. The Bertz CT molecular complexity index is 454. The number of hydrogen-bond acceptors (Lipinski definition) is 2. The van der Waals surface area contributed by atoms with Gasteiger partial charge in [-0.15, -0.1) is 0 Å². The van der Waals surface area contributed by atoms with E-state index in [1.165, 1.54) is 0 Å². The molecule has 1 fully saturated rings. The number of rotatable bonds is 4. The Labute approximate surface area is 108 Å². The SMILES string of the molecule is CC=CCC1CCN(c2ccccc2OC)C1=O. The highest BCUT2D eigenvalue weighted by Crippen LogP contribution is 2.33. The monoisotopic (exact) mass is 245 g/mol. The number of carbonyl (C=O) groups excluding carboxylic acids is 1. The third kappa shape index (κ3) is 2.40. The molecule has 0 N–H and O–H groups in total. The Morgan fingerprint density at radius 1 is 1.44 bits per heavy atom. The van der Waals surface area contributed by atoms with Gasteiger partial charge in [0.25, 0.3) is 0 Å². The minimum atomic E-state index is 0.117. The van der Waals surface area contributed by atoms with E-state index < -0.39 is 0 Å². The number of para-hydroxylation sites is 2. The fraction of sp³-hybridized carbons (Fsp3) is 0.400. The molecule has 1 heterocycles. The number of amides is 1. The topological polar surface area (TPSA) is 29.5 Å². The van der Waals surface area contributed by atoms with E-state index in [1.807, 2.05) is 42.2 Å². The van der Waals surface area contributed by atoms with Crippen molar-refractivity contribution in [1.29, 1.82) is 0 Å². The molecular formula is C15H19NO2. The van der Waals surface area contributed by atoms with Gasteiger partial charge in [0.05, 0.1) is 12.8 Å². The van der Waals surface area contributed by atoms with Gasteiger partial charge in [-0.2, -0.15) is 0 Å². The number of nitrogens with zero attached hydrogens (tertiary/aromatic N) is 1. The summed E-state index contributed by atoms with van der Waals surface area (Å²) >= 11 is 0. The fourth-order valence-electron chi connectivity index (χ4n) is 2.35. The van der Waals surface area contributed by atoms with Crippen LogP contribution in [0.15, 0.2) is 36.4 Å². The van der Waals surface area contributed by atoms with Crippen molar-refractivity contribution >= 4 is 11.6 Å². The predicted molar refractivity (Wildman–Crippen MR) is 72.9 cm³/mol. The average Bonchev–Trinajstić information content (AvgIpc) is 2.77. The number of anilines is 1. The summed E-state index contributed by atoms with van der Waals surface area (Å²) in [4.78, 5) is 14.2. The van der Waals surface area contributed by atoms with Crippen molar-refractivity contribution in [2.24, 2.45) is 5.92 Å². The molecule has 0 bridgehead atoms. The first-order chi connectivity index (χ1) is 8.77. The van der Waals surface area contributed by atoms with E-state index >= 15 is 0 Å². The molecule has 1 aromatic rings. The molecule has 96 valence electrons. The van der Waals surface area contributed by atoms with Crippen LogP contribution in [0.2, 0.25) is 0 Å². The number of methoxy groups -OCH3 is 1. The summed E-state index contributed by atoms with van der Waals surface area (Å²) in [5.74, 6) is 1.08. The molecule has 3 nitrogen and oxygen atoms in total. The van der Waals surface area contributed by atoms with Crippen LogP contribution >= 0.6 is 0 Å². The molecule has 0 aromatic heterocycles. The fourth-order valence-corrected chi connectivity index (χ4v) is 2.35. The van der Waals surface area contributed by atoms with E-state index in [2.05, 4.69) is 6.08 Å². The highest BCUT2D eigenvalue weighted by Gasteiger charge is 2.32. The van der Waals surface area contributed by atoms with E-state index in [1.54, 1.807) is 7.11 Å². The lowest BCUT2D eigenvalue weighted by Gasteiger charge is -2.19. The lowest BCUT2D eigenvalue weighted by atomic mass is 10.0. The summed E-state index contributed by atoms with van der Waals surface area (Å²) in [6.07, 6.45) is 5.82. The van der Waals surface area contributed by atoms with Gasteiger partial charge < -0.3 is 9.64 Å². The first kappa shape index (κ1) is 12.7. The number of benzene rings is 1. The molecule has 1 aromatic carbocycles. The number of ether oxygens (including phenoxy) is 1. The number of hydrogen-bond donors (Lipinski definition) is 0. The van der Waals surface area contributed by atoms with Crippen LogP contribution in [0.1, 0.15) is 19.8 Å². The molecular weight excluding hydrogens is 226 g/mol. The quantitative estimate of drug-likeness (QED) is 0.763. The van der Waals surface area contributed by atoms with Gasteiger partial charge in [0, 0.05) is 12.5 Å². The summed E-state index contributed by atoms with van der Waals surface area (Å²) in [5.41, 5.74) is 0.882. The lowest BCUT2D eigenvalue weighted by molar-refractivity contribution is -0.120. The van der Waals surface area contributed by atoms with Crippen LogP contribution in [-0.4, -0.2) is 19.6 Å². The van der Waals surface area contributed by atoms with Crippen molar-refractivity contribution in [3.05, 3.63) is 36.4 Å².